The Morgan fingerprint density at radius 3 is 2.56 bits per heavy atom. The third kappa shape index (κ3) is 1.88. The quantitative estimate of drug-likeness (QED) is 0.595. The highest BCUT2D eigenvalue weighted by molar-refractivity contribution is 5.90. The van der Waals surface area contributed by atoms with Crippen LogP contribution in [0.4, 0.5) is 5.69 Å². The van der Waals surface area contributed by atoms with E-state index in [4.69, 9.17) is 10.6 Å². The first-order valence-electron chi connectivity index (χ1n) is 5.47. The van der Waals surface area contributed by atoms with Crippen molar-refractivity contribution in [3.8, 4) is 0 Å². The fourth-order valence-electron chi connectivity index (χ4n) is 1.81. The molecule has 86 valence electrons. The van der Waals surface area contributed by atoms with Crippen LogP contribution in [0.5, 0.6) is 0 Å². The number of hydrogen-bond donors (Lipinski definition) is 2. The van der Waals surface area contributed by atoms with E-state index in [1.54, 1.807) is 0 Å². The maximum absolute atomic E-state index is 11.9. The minimum Gasteiger partial charge on any atom is -0.399 e. The van der Waals surface area contributed by atoms with E-state index >= 15 is 0 Å². The molecule has 0 bridgehead atoms. The summed E-state index contributed by atoms with van der Waals surface area (Å²) in [7, 11) is 0. The lowest BCUT2D eigenvalue weighted by molar-refractivity contribution is -0.135. The fourth-order valence-corrected chi connectivity index (χ4v) is 1.81. The average Bonchev–Trinajstić information content (AvgIpc) is 3.08. The van der Waals surface area contributed by atoms with E-state index in [1.165, 1.54) is 0 Å². The molecule has 1 aromatic rings. The van der Waals surface area contributed by atoms with Gasteiger partial charge in [-0.25, -0.2) is 5.48 Å². The highest BCUT2D eigenvalue weighted by Gasteiger charge is 2.51. The van der Waals surface area contributed by atoms with E-state index in [1.807, 2.05) is 31.2 Å². The van der Waals surface area contributed by atoms with E-state index in [0.29, 0.717) is 12.3 Å². The van der Waals surface area contributed by atoms with Crippen molar-refractivity contribution in [2.24, 2.45) is 0 Å². The maximum Gasteiger partial charge on any atom is 0.254 e. The molecule has 3 N–H and O–H groups in total. The number of nitrogens with two attached hydrogens (primary N) is 1. The molecular weight excluding hydrogens is 204 g/mol. The second-order valence-corrected chi connectivity index (χ2v) is 4.07. The smallest absolute Gasteiger partial charge is 0.254 e. The summed E-state index contributed by atoms with van der Waals surface area (Å²) in [5, 5.41) is 0. The van der Waals surface area contributed by atoms with Gasteiger partial charge >= 0.3 is 0 Å². The summed E-state index contributed by atoms with van der Waals surface area (Å²) in [5.74, 6) is -0.0564. The third-order valence-electron chi connectivity index (χ3n) is 2.96. The molecule has 0 aromatic heterocycles. The van der Waals surface area contributed by atoms with Gasteiger partial charge in [-0.1, -0.05) is 12.1 Å². The molecule has 0 radical (unpaired) electrons. The Bertz CT molecular complexity index is 383. The summed E-state index contributed by atoms with van der Waals surface area (Å²) in [6.45, 7) is 2.31. The van der Waals surface area contributed by atoms with Crippen LogP contribution in [0, 0.1) is 0 Å². The van der Waals surface area contributed by atoms with Crippen LogP contribution in [0.2, 0.25) is 0 Å². The lowest BCUT2D eigenvalue weighted by Gasteiger charge is -2.15. The van der Waals surface area contributed by atoms with Crippen LogP contribution < -0.4 is 11.2 Å². The first kappa shape index (κ1) is 11.0. The molecule has 16 heavy (non-hydrogen) atoms. The summed E-state index contributed by atoms with van der Waals surface area (Å²) in [6.07, 6.45) is 1.74. The van der Waals surface area contributed by atoms with Crippen LogP contribution in [0.1, 0.15) is 25.3 Å². The number of amides is 1. The van der Waals surface area contributed by atoms with Gasteiger partial charge in [-0.2, -0.15) is 0 Å². The number of carbonyl (C=O) groups excluding carboxylic acids is 1. The van der Waals surface area contributed by atoms with Gasteiger partial charge in [0.05, 0.1) is 12.0 Å². The van der Waals surface area contributed by atoms with Crippen LogP contribution in [0.3, 0.4) is 0 Å². The molecule has 1 amide bonds. The normalized spacial score (nSPS) is 16.8. The number of anilines is 1. The van der Waals surface area contributed by atoms with E-state index in [-0.39, 0.29) is 11.3 Å². The van der Waals surface area contributed by atoms with Gasteiger partial charge in [-0.05, 0) is 37.5 Å². The second kappa shape index (κ2) is 4.14. The molecule has 4 nitrogen and oxygen atoms in total. The van der Waals surface area contributed by atoms with Crippen LogP contribution in [-0.4, -0.2) is 12.5 Å². The molecule has 1 aromatic carbocycles. The van der Waals surface area contributed by atoms with Gasteiger partial charge in [0, 0.05) is 5.69 Å². The van der Waals surface area contributed by atoms with Crippen LogP contribution >= 0.6 is 0 Å². The van der Waals surface area contributed by atoms with Crippen molar-refractivity contribution in [1.82, 2.24) is 5.48 Å². The number of nitrogens with one attached hydrogen (secondary N) is 1. The molecule has 1 fully saturated rings. The van der Waals surface area contributed by atoms with Gasteiger partial charge in [0.25, 0.3) is 5.91 Å². The standard InChI is InChI=1S/C12H16N2O2/c1-2-16-14-11(15)12(7-8-12)9-3-5-10(13)6-4-9/h3-6H,2,7-8,13H2,1H3,(H,14,15). The zero-order chi connectivity index (χ0) is 11.6. The largest absolute Gasteiger partial charge is 0.399 e. The average molecular weight is 220 g/mol. The van der Waals surface area contributed by atoms with Crippen molar-refractivity contribution >= 4 is 11.6 Å². The number of hydrogen-bond acceptors (Lipinski definition) is 3. The predicted octanol–water partition coefficient (Wildman–Crippen LogP) is 1.37. The molecule has 1 saturated carbocycles. The predicted molar refractivity (Wildman–Crippen MR) is 61.5 cm³/mol. The molecule has 0 spiro atoms. The molecule has 0 unspecified atom stereocenters. The second-order valence-electron chi connectivity index (χ2n) is 4.07. The van der Waals surface area contributed by atoms with Crippen LogP contribution in [0.25, 0.3) is 0 Å². The summed E-state index contributed by atoms with van der Waals surface area (Å²) >= 11 is 0. The number of nitrogen functional groups attached to an aromatic ring is 1. The first-order valence-corrected chi connectivity index (χ1v) is 5.47. The summed E-state index contributed by atoms with van der Waals surface area (Å²) in [5.41, 5.74) is 9.44. The molecule has 1 aliphatic carbocycles. The highest BCUT2D eigenvalue weighted by atomic mass is 16.6. The highest BCUT2D eigenvalue weighted by Crippen LogP contribution is 2.48. The number of carbonyl (C=O) groups is 1. The molecule has 2 rings (SSSR count). The Kier molecular flexibility index (Phi) is 2.83. The maximum atomic E-state index is 11.9. The Labute approximate surface area is 94.7 Å². The van der Waals surface area contributed by atoms with E-state index in [9.17, 15) is 4.79 Å². The summed E-state index contributed by atoms with van der Waals surface area (Å²) in [4.78, 5) is 16.8. The zero-order valence-corrected chi connectivity index (χ0v) is 9.32. The van der Waals surface area contributed by atoms with Crippen molar-refractivity contribution in [1.29, 1.82) is 0 Å². The Balaban J connectivity index is 2.13. The van der Waals surface area contributed by atoms with Crippen molar-refractivity contribution < 1.29 is 9.63 Å². The van der Waals surface area contributed by atoms with Gasteiger partial charge in [0.2, 0.25) is 0 Å². The first-order chi connectivity index (χ1) is 7.69. The number of hydroxylamine groups is 1. The Hall–Kier alpha value is -1.55. The minimum atomic E-state index is -0.386. The fraction of sp³-hybridized carbons (Fsp3) is 0.417. The topological polar surface area (TPSA) is 64.3 Å². The zero-order valence-electron chi connectivity index (χ0n) is 9.32. The monoisotopic (exact) mass is 220 g/mol. The minimum absolute atomic E-state index is 0.0564. The molecule has 0 aliphatic heterocycles. The van der Waals surface area contributed by atoms with Crippen LogP contribution in [-0.2, 0) is 15.0 Å². The van der Waals surface area contributed by atoms with Crippen molar-refractivity contribution in [3.63, 3.8) is 0 Å². The Morgan fingerprint density at radius 2 is 2.06 bits per heavy atom. The summed E-state index contributed by atoms with van der Waals surface area (Å²) < 4.78 is 0. The van der Waals surface area contributed by atoms with Crippen molar-refractivity contribution in [2.75, 3.05) is 12.3 Å². The van der Waals surface area contributed by atoms with Gasteiger partial charge in [0.1, 0.15) is 0 Å². The number of rotatable bonds is 4. The number of benzene rings is 1. The summed E-state index contributed by atoms with van der Waals surface area (Å²) in [6, 6.07) is 7.47. The molecular formula is C12H16N2O2. The Morgan fingerprint density at radius 1 is 1.44 bits per heavy atom. The lowest BCUT2D eigenvalue weighted by Crippen LogP contribution is -2.34. The van der Waals surface area contributed by atoms with Gasteiger partial charge < -0.3 is 5.73 Å². The third-order valence-corrected chi connectivity index (χ3v) is 2.96. The molecule has 0 atom stereocenters. The van der Waals surface area contributed by atoms with Gasteiger partial charge in [-0.15, -0.1) is 0 Å². The van der Waals surface area contributed by atoms with Crippen LogP contribution in [0.15, 0.2) is 24.3 Å². The van der Waals surface area contributed by atoms with Gasteiger partial charge in [0.15, 0.2) is 0 Å². The SMILES string of the molecule is CCONC(=O)C1(c2ccc(N)cc2)CC1. The van der Waals surface area contributed by atoms with E-state index in [2.05, 4.69) is 5.48 Å². The van der Waals surface area contributed by atoms with E-state index in [0.717, 1.165) is 18.4 Å². The van der Waals surface area contributed by atoms with Crippen molar-refractivity contribution in [2.45, 2.75) is 25.2 Å². The van der Waals surface area contributed by atoms with E-state index < -0.39 is 0 Å². The molecule has 4 heteroatoms. The molecule has 1 aliphatic rings. The molecule has 0 heterocycles. The lowest BCUT2D eigenvalue weighted by atomic mass is 9.95. The molecule has 0 saturated heterocycles. The van der Waals surface area contributed by atoms with Gasteiger partial charge in [-0.3, -0.25) is 9.63 Å². The van der Waals surface area contributed by atoms with Crippen molar-refractivity contribution in [3.05, 3.63) is 29.8 Å².